The van der Waals surface area contributed by atoms with E-state index in [1.807, 2.05) is 0 Å². The van der Waals surface area contributed by atoms with Gasteiger partial charge < -0.3 is 14.9 Å². The summed E-state index contributed by atoms with van der Waals surface area (Å²) in [7, 11) is 1.46. The van der Waals surface area contributed by atoms with Crippen LogP contribution >= 0.6 is 0 Å². The van der Waals surface area contributed by atoms with E-state index in [-0.39, 0.29) is 18.0 Å². The van der Waals surface area contributed by atoms with E-state index < -0.39 is 34.8 Å². The van der Waals surface area contributed by atoms with Crippen LogP contribution in [0.15, 0.2) is 18.2 Å². The van der Waals surface area contributed by atoms with Gasteiger partial charge in [0.2, 0.25) is 11.8 Å². The van der Waals surface area contributed by atoms with E-state index in [1.165, 1.54) is 18.0 Å². The molecule has 0 aromatic heterocycles. The van der Waals surface area contributed by atoms with Crippen LogP contribution in [0.1, 0.15) is 37.7 Å². The van der Waals surface area contributed by atoms with Crippen molar-refractivity contribution in [3.05, 3.63) is 35.4 Å². The van der Waals surface area contributed by atoms with E-state index in [1.54, 1.807) is 4.90 Å². The van der Waals surface area contributed by atoms with Crippen LogP contribution in [-0.4, -0.2) is 59.4 Å². The lowest BCUT2D eigenvalue weighted by atomic mass is 9.63. The van der Waals surface area contributed by atoms with Gasteiger partial charge in [-0.05, 0) is 37.8 Å². The van der Waals surface area contributed by atoms with Crippen LogP contribution < -0.4 is 0 Å². The number of aliphatic carboxylic acids is 1. The summed E-state index contributed by atoms with van der Waals surface area (Å²) in [6, 6.07) is 3.55. The van der Waals surface area contributed by atoms with Gasteiger partial charge in [-0.25, -0.2) is 8.78 Å². The van der Waals surface area contributed by atoms with Crippen molar-refractivity contribution in [3.8, 4) is 0 Å². The highest BCUT2D eigenvalue weighted by atomic mass is 19.1. The minimum Gasteiger partial charge on any atom is -0.481 e. The fourth-order valence-electron chi connectivity index (χ4n) is 4.17. The third-order valence-electron chi connectivity index (χ3n) is 5.97. The van der Waals surface area contributed by atoms with Gasteiger partial charge in [0.1, 0.15) is 11.6 Å². The summed E-state index contributed by atoms with van der Waals surface area (Å²) in [4.78, 5) is 39.4. The number of carboxylic acid groups (broad SMARTS) is 1. The van der Waals surface area contributed by atoms with Crippen LogP contribution in [0.25, 0.3) is 0 Å². The van der Waals surface area contributed by atoms with Gasteiger partial charge in [0.15, 0.2) is 0 Å². The fourth-order valence-corrected chi connectivity index (χ4v) is 4.17. The number of rotatable bonds is 5. The number of amides is 2. The molecule has 1 saturated carbocycles. The van der Waals surface area contributed by atoms with Crippen molar-refractivity contribution >= 4 is 17.8 Å². The molecule has 2 aliphatic rings. The second-order valence-corrected chi connectivity index (χ2v) is 7.69. The lowest BCUT2D eigenvalue weighted by molar-refractivity contribution is -0.148. The van der Waals surface area contributed by atoms with Crippen LogP contribution in [0.4, 0.5) is 8.78 Å². The molecule has 2 amide bonds. The number of hydrogen-bond donors (Lipinski definition) is 1. The number of nitrogens with zero attached hydrogens (tertiary/aromatic N) is 2. The average molecular weight is 394 g/mol. The summed E-state index contributed by atoms with van der Waals surface area (Å²) in [6.45, 7) is 0.449. The van der Waals surface area contributed by atoms with Gasteiger partial charge in [0, 0.05) is 25.7 Å². The molecule has 1 aliphatic heterocycles. The largest absolute Gasteiger partial charge is 0.481 e. The first kappa shape index (κ1) is 20.2. The van der Waals surface area contributed by atoms with Crippen LogP contribution in [0.2, 0.25) is 0 Å². The minimum atomic E-state index is -1.26. The van der Waals surface area contributed by atoms with E-state index in [0.29, 0.717) is 45.2 Å². The molecule has 0 spiro atoms. The molecular weight excluding hydrogens is 370 g/mol. The van der Waals surface area contributed by atoms with Crippen molar-refractivity contribution in [3.63, 3.8) is 0 Å². The Bertz CT molecular complexity index is 766. The summed E-state index contributed by atoms with van der Waals surface area (Å²) in [5.41, 5.74) is -1.48. The maximum absolute atomic E-state index is 14.3. The first-order valence-electron chi connectivity index (χ1n) is 9.47. The van der Waals surface area contributed by atoms with Crippen molar-refractivity contribution in [2.24, 2.45) is 5.92 Å². The molecule has 1 aromatic rings. The van der Waals surface area contributed by atoms with Gasteiger partial charge in [0.05, 0.1) is 17.9 Å². The predicted octanol–water partition coefficient (Wildman–Crippen LogP) is 2.17. The summed E-state index contributed by atoms with van der Waals surface area (Å²) in [5.74, 6) is -3.56. The van der Waals surface area contributed by atoms with Gasteiger partial charge in [0.25, 0.3) is 0 Å². The number of piperidine rings is 1. The molecule has 1 aromatic carbocycles. The van der Waals surface area contributed by atoms with Crippen LogP contribution in [0, 0.1) is 17.6 Å². The molecule has 0 unspecified atom stereocenters. The Morgan fingerprint density at radius 3 is 2.21 bits per heavy atom. The van der Waals surface area contributed by atoms with Crippen molar-refractivity contribution in [2.75, 3.05) is 26.7 Å². The Morgan fingerprint density at radius 1 is 1.18 bits per heavy atom. The topological polar surface area (TPSA) is 77.9 Å². The Hall–Kier alpha value is -2.51. The second kappa shape index (κ2) is 7.85. The summed E-state index contributed by atoms with van der Waals surface area (Å²) in [5, 5.41) is 9.04. The number of carboxylic acids is 1. The smallest absolute Gasteiger partial charge is 0.306 e. The zero-order valence-electron chi connectivity index (χ0n) is 15.8. The van der Waals surface area contributed by atoms with Gasteiger partial charge >= 0.3 is 5.97 Å². The summed E-state index contributed by atoms with van der Waals surface area (Å²) < 4.78 is 28.6. The van der Waals surface area contributed by atoms with Gasteiger partial charge in [-0.1, -0.05) is 12.5 Å². The Kier molecular flexibility index (Phi) is 5.67. The number of likely N-dealkylation sites (N-methyl/N-ethyl adjacent to an activating group) is 1. The first-order valence-corrected chi connectivity index (χ1v) is 9.47. The number of likely N-dealkylation sites (tertiary alicyclic amines) is 1. The van der Waals surface area contributed by atoms with E-state index in [9.17, 15) is 23.2 Å². The monoisotopic (exact) mass is 394 g/mol. The molecule has 1 heterocycles. The molecule has 1 N–H and O–H groups in total. The van der Waals surface area contributed by atoms with Crippen molar-refractivity contribution in [2.45, 2.75) is 37.5 Å². The molecule has 0 atom stereocenters. The highest BCUT2D eigenvalue weighted by molar-refractivity contribution is 5.92. The number of hydrogen-bond acceptors (Lipinski definition) is 3. The third kappa shape index (κ3) is 3.59. The Morgan fingerprint density at radius 2 is 1.75 bits per heavy atom. The molecule has 1 saturated heterocycles. The SMILES string of the molecule is CN(CC(=O)N1CCC(C(=O)O)CC1)C(=O)C1(c2c(F)cccc2F)CCC1. The first-order chi connectivity index (χ1) is 13.3. The van der Waals surface area contributed by atoms with Gasteiger partial charge in [-0.2, -0.15) is 0 Å². The average Bonchev–Trinajstić information content (AvgIpc) is 2.62. The van der Waals surface area contributed by atoms with E-state index in [0.717, 1.165) is 12.1 Å². The molecule has 6 nitrogen and oxygen atoms in total. The maximum atomic E-state index is 14.3. The summed E-state index contributed by atoms with van der Waals surface area (Å²) in [6.07, 6.45) is 2.12. The zero-order chi connectivity index (χ0) is 20.5. The second-order valence-electron chi connectivity index (χ2n) is 7.69. The lowest BCUT2D eigenvalue weighted by Crippen LogP contribution is -2.53. The molecule has 0 bridgehead atoms. The molecular formula is C20H24F2N2O4. The van der Waals surface area contributed by atoms with E-state index >= 15 is 0 Å². The Labute approximate surface area is 162 Å². The van der Waals surface area contributed by atoms with Crippen molar-refractivity contribution in [1.82, 2.24) is 9.80 Å². The quantitative estimate of drug-likeness (QED) is 0.830. The maximum Gasteiger partial charge on any atom is 0.306 e. The minimum absolute atomic E-state index is 0.200. The lowest BCUT2D eigenvalue weighted by Gasteiger charge is -2.43. The number of halogens is 2. The molecule has 8 heteroatoms. The summed E-state index contributed by atoms with van der Waals surface area (Å²) >= 11 is 0. The third-order valence-corrected chi connectivity index (χ3v) is 5.97. The van der Waals surface area contributed by atoms with E-state index in [4.69, 9.17) is 5.11 Å². The molecule has 2 fully saturated rings. The standard InChI is InChI=1S/C20H24F2N2O4/c1-23(12-16(25)24-10-6-13(7-11-24)18(26)27)19(28)20(8-3-9-20)17-14(21)4-2-5-15(17)22/h2,4-5,13H,3,6-12H2,1H3,(H,26,27). The number of carbonyl (C=O) groups is 3. The van der Waals surface area contributed by atoms with Crippen molar-refractivity contribution < 1.29 is 28.3 Å². The molecule has 28 heavy (non-hydrogen) atoms. The number of benzene rings is 1. The Balaban J connectivity index is 1.68. The van der Waals surface area contributed by atoms with Crippen LogP contribution in [-0.2, 0) is 19.8 Å². The van der Waals surface area contributed by atoms with Crippen LogP contribution in [0.3, 0.4) is 0 Å². The predicted molar refractivity (Wildman–Crippen MR) is 96.5 cm³/mol. The van der Waals surface area contributed by atoms with Crippen molar-refractivity contribution in [1.29, 1.82) is 0 Å². The van der Waals surface area contributed by atoms with Crippen LogP contribution in [0.5, 0.6) is 0 Å². The number of carbonyl (C=O) groups excluding carboxylic acids is 2. The van der Waals surface area contributed by atoms with Gasteiger partial charge in [-0.15, -0.1) is 0 Å². The normalized spacial score (nSPS) is 19.0. The zero-order valence-corrected chi connectivity index (χ0v) is 15.8. The highest BCUT2D eigenvalue weighted by Crippen LogP contribution is 2.47. The van der Waals surface area contributed by atoms with Gasteiger partial charge in [-0.3, -0.25) is 14.4 Å². The molecule has 3 rings (SSSR count). The molecule has 152 valence electrons. The fraction of sp³-hybridized carbons (Fsp3) is 0.550. The highest BCUT2D eigenvalue weighted by Gasteiger charge is 2.50. The molecule has 1 aliphatic carbocycles. The van der Waals surface area contributed by atoms with E-state index in [2.05, 4.69) is 0 Å². The molecule has 0 radical (unpaired) electrons.